The van der Waals surface area contributed by atoms with Gasteiger partial charge in [-0.3, -0.25) is 14.6 Å². The number of amides is 1. The van der Waals surface area contributed by atoms with Crippen molar-refractivity contribution in [2.75, 3.05) is 10.6 Å². The molecule has 0 aliphatic carbocycles. The van der Waals surface area contributed by atoms with Crippen LogP contribution in [-0.4, -0.2) is 26.6 Å². The number of hydrogen-bond acceptors (Lipinski definition) is 6. The molecule has 3 aromatic rings. The molecule has 0 saturated carbocycles. The van der Waals surface area contributed by atoms with Crippen LogP contribution >= 0.6 is 0 Å². The molecule has 0 unspecified atom stereocenters. The lowest BCUT2D eigenvalue weighted by atomic mass is 10.1. The Labute approximate surface area is 150 Å². The van der Waals surface area contributed by atoms with E-state index in [2.05, 4.69) is 25.6 Å². The number of anilines is 2. The third-order valence-corrected chi connectivity index (χ3v) is 3.67. The molecule has 0 aliphatic rings. The Kier molecular flexibility index (Phi) is 5.28. The standard InChI is InChI=1S/C19H17N5O2/c1-13(25)15-2-4-16(5-3-15)24-19(26)17-10-18(23-12-22-17)21-11-14-6-8-20-9-7-14/h2-10,12H,11H2,1H3,(H,24,26)(H,21,22,23). The normalized spacial score (nSPS) is 10.2. The van der Waals surface area contributed by atoms with E-state index >= 15 is 0 Å². The number of nitrogens with one attached hydrogen (secondary N) is 2. The average Bonchev–Trinajstić information content (AvgIpc) is 2.68. The second kappa shape index (κ2) is 7.98. The molecule has 0 fully saturated rings. The Morgan fingerprint density at radius 1 is 1.00 bits per heavy atom. The minimum absolute atomic E-state index is 0.0245. The van der Waals surface area contributed by atoms with Crippen LogP contribution in [0.25, 0.3) is 0 Å². The average molecular weight is 347 g/mol. The van der Waals surface area contributed by atoms with Gasteiger partial charge in [0.25, 0.3) is 5.91 Å². The van der Waals surface area contributed by atoms with Gasteiger partial charge in [0.2, 0.25) is 0 Å². The molecule has 130 valence electrons. The molecule has 1 aromatic carbocycles. The zero-order valence-corrected chi connectivity index (χ0v) is 14.1. The van der Waals surface area contributed by atoms with Crippen LogP contribution in [0.1, 0.15) is 33.3 Å². The van der Waals surface area contributed by atoms with Crippen molar-refractivity contribution in [3.05, 3.63) is 78.0 Å². The minimum atomic E-state index is -0.352. The molecule has 1 amide bonds. The number of pyridine rings is 1. The Morgan fingerprint density at radius 3 is 2.42 bits per heavy atom. The summed E-state index contributed by atoms with van der Waals surface area (Å²) in [6.07, 6.45) is 4.77. The predicted molar refractivity (Wildman–Crippen MR) is 98.0 cm³/mol. The van der Waals surface area contributed by atoms with Gasteiger partial charge in [-0.05, 0) is 48.9 Å². The minimum Gasteiger partial charge on any atom is -0.366 e. The van der Waals surface area contributed by atoms with Gasteiger partial charge in [0, 0.05) is 36.3 Å². The number of hydrogen-bond donors (Lipinski definition) is 2. The highest BCUT2D eigenvalue weighted by Gasteiger charge is 2.10. The summed E-state index contributed by atoms with van der Waals surface area (Å²) in [4.78, 5) is 35.7. The first-order valence-corrected chi connectivity index (χ1v) is 7.99. The summed E-state index contributed by atoms with van der Waals surface area (Å²) >= 11 is 0. The number of aromatic nitrogens is 3. The largest absolute Gasteiger partial charge is 0.366 e. The first-order valence-electron chi connectivity index (χ1n) is 7.99. The van der Waals surface area contributed by atoms with E-state index in [-0.39, 0.29) is 17.4 Å². The van der Waals surface area contributed by atoms with Crippen LogP contribution in [0.15, 0.2) is 61.2 Å². The Bertz CT molecular complexity index is 911. The third-order valence-electron chi connectivity index (χ3n) is 3.67. The van der Waals surface area contributed by atoms with Gasteiger partial charge in [-0.15, -0.1) is 0 Å². The van der Waals surface area contributed by atoms with Crippen LogP contribution in [0, 0.1) is 0 Å². The lowest BCUT2D eigenvalue weighted by molar-refractivity contribution is 0.101. The maximum atomic E-state index is 12.4. The number of rotatable bonds is 6. The summed E-state index contributed by atoms with van der Waals surface area (Å²) in [5, 5.41) is 5.89. The summed E-state index contributed by atoms with van der Waals surface area (Å²) in [7, 11) is 0. The van der Waals surface area contributed by atoms with E-state index in [1.807, 2.05) is 12.1 Å². The van der Waals surface area contributed by atoms with Crippen LogP contribution in [0.2, 0.25) is 0 Å². The van der Waals surface area contributed by atoms with Crippen molar-refractivity contribution >= 4 is 23.2 Å². The van der Waals surface area contributed by atoms with Gasteiger partial charge < -0.3 is 10.6 Å². The molecule has 0 radical (unpaired) electrons. The Morgan fingerprint density at radius 2 is 1.73 bits per heavy atom. The second-order valence-corrected chi connectivity index (χ2v) is 5.59. The lowest BCUT2D eigenvalue weighted by Gasteiger charge is -2.08. The smallest absolute Gasteiger partial charge is 0.274 e. The van der Waals surface area contributed by atoms with Gasteiger partial charge in [-0.25, -0.2) is 9.97 Å². The molecule has 2 aromatic heterocycles. The number of benzene rings is 1. The van der Waals surface area contributed by atoms with E-state index < -0.39 is 0 Å². The molecule has 0 spiro atoms. The Hall–Kier alpha value is -3.61. The zero-order valence-electron chi connectivity index (χ0n) is 14.1. The molecule has 3 rings (SSSR count). The maximum absolute atomic E-state index is 12.4. The van der Waals surface area contributed by atoms with Gasteiger partial charge >= 0.3 is 0 Å². The van der Waals surface area contributed by atoms with Crippen LogP contribution < -0.4 is 10.6 Å². The molecule has 2 heterocycles. The molecule has 2 N–H and O–H groups in total. The van der Waals surface area contributed by atoms with Crippen molar-refractivity contribution in [2.24, 2.45) is 0 Å². The van der Waals surface area contributed by atoms with Crippen molar-refractivity contribution in [1.82, 2.24) is 15.0 Å². The molecule has 0 bridgehead atoms. The van der Waals surface area contributed by atoms with Crippen LogP contribution in [0.3, 0.4) is 0 Å². The number of Topliss-reactive ketones (excluding diaryl/α,β-unsaturated/α-hetero) is 1. The number of carbonyl (C=O) groups excluding carboxylic acids is 2. The SMILES string of the molecule is CC(=O)c1ccc(NC(=O)c2cc(NCc3ccncc3)ncn2)cc1. The molecule has 0 aliphatic heterocycles. The molecular formula is C19H17N5O2. The second-order valence-electron chi connectivity index (χ2n) is 5.59. The van der Waals surface area contributed by atoms with E-state index in [9.17, 15) is 9.59 Å². The quantitative estimate of drug-likeness (QED) is 0.666. The van der Waals surface area contributed by atoms with Gasteiger partial charge in [0.1, 0.15) is 17.8 Å². The van der Waals surface area contributed by atoms with Gasteiger partial charge in [0.05, 0.1) is 0 Å². The van der Waals surface area contributed by atoms with E-state index in [1.54, 1.807) is 42.7 Å². The molecule has 0 atom stereocenters. The van der Waals surface area contributed by atoms with Crippen molar-refractivity contribution in [1.29, 1.82) is 0 Å². The monoisotopic (exact) mass is 347 g/mol. The van der Waals surface area contributed by atoms with Crippen molar-refractivity contribution in [2.45, 2.75) is 13.5 Å². The summed E-state index contributed by atoms with van der Waals surface area (Å²) in [5.74, 6) is 0.174. The fraction of sp³-hybridized carbons (Fsp3) is 0.105. The van der Waals surface area contributed by atoms with E-state index in [0.29, 0.717) is 23.6 Å². The summed E-state index contributed by atoms with van der Waals surface area (Å²) in [5.41, 5.74) is 2.47. The van der Waals surface area contributed by atoms with Crippen LogP contribution in [-0.2, 0) is 6.54 Å². The van der Waals surface area contributed by atoms with Crippen molar-refractivity contribution in [3.63, 3.8) is 0 Å². The molecular weight excluding hydrogens is 330 g/mol. The molecule has 7 heteroatoms. The van der Waals surface area contributed by atoms with E-state index in [0.717, 1.165) is 5.56 Å². The highest BCUT2D eigenvalue weighted by Crippen LogP contribution is 2.12. The van der Waals surface area contributed by atoms with Crippen molar-refractivity contribution in [3.8, 4) is 0 Å². The Balaban J connectivity index is 1.65. The van der Waals surface area contributed by atoms with Crippen molar-refractivity contribution < 1.29 is 9.59 Å². The number of carbonyl (C=O) groups is 2. The first-order chi connectivity index (χ1) is 12.6. The molecule has 7 nitrogen and oxygen atoms in total. The van der Waals surface area contributed by atoms with Crippen LogP contribution in [0.4, 0.5) is 11.5 Å². The highest BCUT2D eigenvalue weighted by atomic mass is 16.2. The zero-order chi connectivity index (χ0) is 18.4. The van der Waals surface area contributed by atoms with Gasteiger partial charge in [-0.2, -0.15) is 0 Å². The van der Waals surface area contributed by atoms with E-state index in [1.165, 1.54) is 13.3 Å². The van der Waals surface area contributed by atoms with Crippen LogP contribution in [0.5, 0.6) is 0 Å². The summed E-state index contributed by atoms with van der Waals surface area (Å²) in [6.45, 7) is 2.06. The topological polar surface area (TPSA) is 96.9 Å². The fourth-order valence-corrected chi connectivity index (χ4v) is 2.25. The molecule has 0 saturated heterocycles. The third kappa shape index (κ3) is 4.47. The summed E-state index contributed by atoms with van der Waals surface area (Å²) in [6, 6.07) is 12.1. The number of nitrogens with zero attached hydrogens (tertiary/aromatic N) is 3. The summed E-state index contributed by atoms with van der Waals surface area (Å²) < 4.78 is 0. The molecule has 26 heavy (non-hydrogen) atoms. The fourth-order valence-electron chi connectivity index (χ4n) is 2.25. The van der Waals surface area contributed by atoms with Gasteiger partial charge in [0.15, 0.2) is 5.78 Å². The predicted octanol–water partition coefficient (Wildman–Crippen LogP) is 2.94. The van der Waals surface area contributed by atoms with E-state index in [4.69, 9.17) is 0 Å². The number of ketones is 1. The highest BCUT2D eigenvalue weighted by molar-refractivity contribution is 6.03. The maximum Gasteiger partial charge on any atom is 0.274 e. The lowest BCUT2D eigenvalue weighted by Crippen LogP contribution is -2.14. The first kappa shape index (κ1) is 17.2. The van der Waals surface area contributed by atoms with Gasteiger partial charge in [-0.1, -0.05) is 0 Å².